The molecule has 5 atom stereocenters. The second-order valence-corrected chi connectivity index (χ2v) is 6.85. The molecule has 1 aliphatic heterocycles. The Hall–Kier alpha value is -2.52. The fourth-order valence-electron chi connectivity index (χ4n) is 2.96. The molecule has 0 unspecified atom stereocenters. The molecule has 0 aromatic heterocycles. The van der Waals surface area contributed by atoms with Gasteiger partial charge < -0.3 is 24.3 Å². The summed E-state index contributed by atoms with van der Waals surface area (Å²) in [5.41, 5.74) is 0.834. The van der Waals surface area contributed by atoms with E-state index >= 15 is 4.39 Å². The van der Waals surface area contributed by atoms with Crippen LogP contribution >= 0.6 is 0 Å². The number of carbonyl (C=O) groups is 3. The van der Waals surface area contributed by atoms with Crippen molar-refractivity contribution in [3.63, 3.8) is 0 Å². The summed E-state index contributed by atoms with van der Waals surface area (Å²) < 4.78 is 37.0. The zero-order valence-corrected chi connectivity index (χ0v) is 17.3. The highest BCUT2D eigenvalue weighted by Crippen LogP contribution is 2.28. The smallest absolute Gasteiger partial charge is 0.305 e. The van der Waals surface area contributed by atoms with Gasteiger partial charge in [0.1, 0.15) is 18.8 Å². The van der Waals surface area contributed by atoms with Crippen molar-refractivity contribution >= 4 is 17.8 Å². The van der Waals surface area contributed by atoms with Gasteiger partial charge in [-0.05, 0) is 5.56 Å². The molecule has 1 N–H and O–H groups in total. The second-order valence-electron chi connectivity index (χ2n) is 6.85. The lowest BCUT2D eigenvalue weighted by Crippen LogP contribution is -2.64. The molecule has 166 valence electrons. The van der Waals surface area contributed by atoms with Crippen molar-refractivity contribution in [3.05, 3.63) is 35.9 Å². The Morgan fingerprint density at radius 2 is 1.77 bits per heavy atom. The molecule has 1 fully saturated rings. The molecule has 1 saturated heterocycles. The maximum Gasteiger partial charge on any atom is 0.305 e. The quantitative estimate of drug-likeness (QED) is 0.605. The Balaban J connectivity index is 2.23. The third-order valence-electron chi connectivity index (χ3n) is 4.51. The first-order valence-corrected chi connectivity index (χ1v) is 9.92. The molecule has 1 amide bonds. The standard InChI is InChI=1S/C21H28FNO7/c1-4-16(25)27-12-15-18(22)20(30-17(26)5-2)19(23-13(3)24)21(29-15)28-11-14-9-7-6-8-10-14/h6-10,15,18-21H,4-5,11-12H2,1-3H3,(H,23,24)/t15-,18-,19-,20+,21+/m1/s1. The van der Waals surface area contributed by atoms with E-state index in [1.807, 2.05) is 30.3 Å². The summed E-state index contributed by atoms with van der Waals surface area (Å²) in [6, 6.07) is 8.12. The number of hydrogen-bond acceptors (Lipinski definition) is 7. The van der Waals surface area contributed by atoms with Crippen molar-refractivity contribution in [3.8, 4) is 0 Å². The van der Waals surface area contributed by atoms with Gasteiger partial charge in [-0.25, -0.2) is 4.39 Å². The van der Waals surface area contributed by atoms with Crippen LogP contribution in [0, 0.1) is 0 Å². The lowest BCUT2D eigenvalue weighted by molar-refractivity contribution is -0.267. The molecule has 8 nitrogen and oxygen atoms in total. The van der Waals surface area contributed by atoms with Crippen LogP contribution in [-0.2, 0) is 39.9 Å². The zero-order chi connectivity index (χ0) is 22.1. The van der Waals surface area contributed by atoms with Crippen molar-refractivity contribution in [2.24, 2.45) is 0 Å². The fraction of sp³-hybridized carbons (Fsp3) is 0.571. The molecule has 0 bridgehead atoms. The number of ether oxygens (including phenoxy) is 4. The summed E-state index contributed by atoms with van der Waals surface area (Å²) in [4.78, 5) is 35.1. The molecule has 1 aromatic carbocycles. The van der Waals surface area contributed by atoms with Gasteiger partial charge in [-0.2, -0.15) is 0 Å². The van der Waals surface area contributed by atoms with Gasteiger partial charge in [0, 0.05) is 19.8 Å². The van der Waals surface area contributed by atoms with Crippen LogP contribution in [0.3, 0.4) is 0 Å². The third-order valence-corrected chi connectivity index (χ3v) is 4.51. The molecule has 1 aliphatic rings. The van der Waals surface area contributed by atoms with Crippen molar-refractivity contribution in [2.75, 3.05) is 6.61 Å². The summed E-state index contributed by atoms with van der Waals surface area (Å²) >= 11 is 0. The highest BCUT2D eigenvalue weighted by molar-refractivity contribution is 5.73. The molecule has 0 aliphatic carbocycles. The number of alkyl halides is 1. The first kappa shape index (κ1) is 23.8. The van der Waals surface area contributed by atoms with E-state index in [1.54, 1.807) is 13.8 Å². The van der Waals surface area contributed by atoms with Gasteiger partial charge in [0.2, 0.25) is 5.91 Å². The third kappa shape index (κ3) is 6.77. The molecule has 9 heteroatoms. The fourth-order valence-corrected chi connectivity index (χ4v) is 2.96. The number of nitrogens with one attached hydrogen (secondary N) is 1. The Morgan fingerprint density at radius 3 is 2.37 bits per heavy atom. The van der Waals surface area contributed by atoms with E-state index in [1.165, 1.54) is 6.92 Å². The van der Waals surface area contributed by atoms with Crippen LogP contribution in [0.1, 0.15) is 39.2 Å². The molecular weight excluding hydrogens is 397 g/mol. The number of benzene rings is 1. The molecule has 0 radical (unpaired) electrons. The molecule has 1 aromatic rings. The van der Waals surface area contributed by atoms with E-state index in [-0.39, 0.29) is 26.1 Å². The number of hydrogen-bond donors (Lipinski definition) is 1. The van der Waals surface area contributed by atoms with Gasteiger partial charge in [0.15, 0.2) is 18.6 Å². The minimum absolute atomic E-state index is 0.0297. The lowest BCUT2D eigenvalue weighted by atomic mass is 9.97. The van der Waals surface area contributed by atoms with E-state index < -0.39 is 48.6 Å². The van der Waals surface area contributed by atoms with E-state index in [0.29, 0.717) is 0 Å². The molecule has 0 spiro atoms. The lowest BCUT2D eigenvalue weighted by Gasteiger charge is -2.42. The predicted molar refractivity (Wildman–Crippen MR) is 104 cm³/mol. The maximum atomic E-state index is 15.2. The van der Waals surface area contributed by atoms with Gasteiger partial charge in [-0.1, -0.05) is 44.2 Å². The van der Waals surface area contributed by atoms with Gasteiger partial charge in [0.05, 0.1) is 6.61 Å². The summed E-state index contributed by atoms with van der Waals surface area (Å²) in [6.45, 7) is 4.20. The minimum Gasteiger partial charge on any atom is -0.463 e. The Bertz CT molecular complexity index is 715. The second kappa shape index (κ2) is 11.6. The minimum atomic E-state index is -1.83. The predicted octanol–water partition coefficient (Wildman–Crippen LogP) is 2.05. The SMILES string of the molecule is CCC(=O)OC[C@H]1O[C@H](OCc2ccccc2)[C@H](NC(C)=O)[C@@H](OC(=O)CC)[C@@H]1F. The topological polar surface area (TPSA) is 100 Å². The molecule has 30 heavy (non-hydrogen) atoms. The summed E-state index contributed by atoms with van der Waals surface area (Å²) in [6.07, 6.45) is -5.38. The van der Waals surface area contributed by atoms with Gasteiger partial charge in [-0.3, -0.25) is 14.4 Å². The largest absolute Gasteiger partial charge is 0.463 e. The van der Waals surface area contributed by atoms with E-state index in [9.17, 15) is 14.4 Å². The van der Waals surface area contributed by atoms with Gasteiger partial charge in [-0.15, -0.1) is 0 Å². The van der Waals surface area contributed by atoms with Crippen LogP contribution in [0.2, 0.25) is 0 Å². The van der Waals surface area contributed by atoms with Crippen molar-refractivity contribution in [1.29, 1.82) is 0 Å². The number of halogens is 1. The Labute approximate surface area is 175 Å². The van der Waals surface area contributed by atoms with Crippen molar-refractivity contribution < 1.29 is 37.7 Å². The first-order chi connectivity index (χ1) is 14.3. The van der Waals surface area contributed by atoms with Crippen LogP contribution in [0.4, 0.5) is 4.39 Å². The number of rotatable bonds is 9. The Kier molecular flexibility index (Phi) is 9.19. The van der Waals surface area contributed by atoms with Crippen LogP contribution in [-0.4, -0.2) is 55.2 Å². The molecular formula is C21H28FNO7. The van der Waals surface area contributed by atoms with Crippen LogP contribution in [0.25, 0.3) is 0 Å². The zero-order valence-electron chi connectivity index (χ0n) is 17.3. The van der Waals surface area contributed by atoms with E-state index in [4.69, 9.17) is 18.9 Å². The maximum absolute atomic E-state index is 15.2. The molecule has 1 heterocycles. The number of esters is 2. The molecule has 0 saturated carbocycles. The monoisotopic (exact) mass is 425 g/mol. The highest BCUT2D eigenvalue weighted by Gasteiger charge is 2.50. The van der Waals surface area contributed by atoms with Gasteiger partial charge in [0.25, 0.3) is 0 Å². The average molecular weight is 425 g/mol. The van der Waals surface area contributed by atoms with Gasteiger partial charge >= 0.3 is 11.9 Å². The number of amides is 1. The summed E-state index contributed by atoms with van der Waals surface area (Å²) in [5.74, 6) is -1.61. The van der Waals surface area contributed by atoms with E-state index in [2.05, 4.69) is 5.32 Å². The average Bonchev–Trinajstić information content (AvgIpc) is 2.74. The highest BCUT2D eigenvalue weighted by atomic mass is 19.1. The van der Waals surface area contributed by atoms with Crippen LogP contribution in [0.5, 0.6) is 0 Å². The molecule has 2 rings (SSSR count). The van der Waals surface area contributed by atoms with Crippen molar-refractivity contribution in [1.82, 2.24) is 5.32 Å². The summed E-state index contributed by atoms with van der Waals surface area (Å²) in [5, 5.41) is 2.56. The normalized spacial score (nSPS) is 25.9. The summed E-state index contributed by atoms with van der Waals surface area (Å²) in [7, 11) is 0. The van der Waals surface area contributed by atoms with Crippen LogP contribution < -0.4 is 5.32 Å². The van der Waals surface area contributed by atoms with Crippen LogP contribution in [0.15, 0.2) is 30.3 Å². The number of carbonyl (C=O) groups excluding carboxylic acids is 3. The first-order valence-electron chi connectivity index (χ1n) is 9.92. The Morgan fingerprint density at radius 1 is 1.10 bits per heavy atom. The van der Waals surface area contributed by atoms with Crippen molar-refractivity contribution in [2.45, 2.75) is 70.9 Å². The van der Waals surface area contributed by atoms with E-state index in [0.717, 1.165) is 5.56 Å².